The number of amides is 2. The fourth-order valence-electron chi connectivity index (χ4n) is 3.90. The van der Waals surface area contributed by atoms with E-state index < -0.39 is 12.0 Å². The lowest BCUT2D eigenvalue weighted by Crippen LogP contribution is -2.32. The third kappa shape index (κ3) is 7.91. The molecule has 3 rings (SSSR count). The highest BCUT2D eigenvalue weighted by molar-refractivity contribution is 5.92. The van der Waals surface area contributed by atoms with Gasteiger partial charge in [-0.2, -0.15) is 0 Å². The van der Waals surface area contributed by atoms with Gasteiger partial charge in [0.25, 0.3) is 0 Å². The Kier molecular flexibility index (Phi) is 9.58. The van der Waals surface area contributed by atoms with Crippen molar-refractivity contribution in [1.82, 2.24) is 10.6 Å². The monoisotopic (exact) mass is 491 g/mol. The summed E-state index contributed by atoms with van der Waals surface area (Å²) in [5.74, 6) is -0.584. The number of phenols is 1. The first-order valence-corrected chi connectivity index (χ1v) is 11.8. The smallest absolute Gasteiger partial charge is 0.248 e. The van der Waals surface area contributed by atoms with Gasteiger partial charge in [-0.25, -0.2) is 0 Å². The minimum atomic E-state index is -0.777. The number of nitrogens with two attached hydrogens (primary N) is 1. The molecule has 0 saturated carbocycles. The Morgan fingerprint density at radius 2 is 1.69 bits per heavy atom. The zero-order valence-corrected chi connectivity index (χ0v) is 20.3. The van der Waals surface area contributed by atoms with Crippen LogP contribution in [0.3, 0.4) is 0 Å². The van der Waals surface area contributed by atoms with Gasteiger partial charge in [-0.15, -0.1) is 0 Å². The number of aliphatic hydroxyl groups excluding tert-OH is 2. The lowest BCUT2D eigenvalue weighted by atomic mass is 10.0. The van der Waals surface area contributed by atoms with Crippen LogP contribution >= 0.6 is 0 Å². The molecule has 190 valence electrons. The fraction of sp³-hybridized carbons (Fsp3) is 0.286. The molecule has 0 bridgehead atoms. The maximum absolute atomic E-state index is 12.4. The predicted molar refractivity (Wildman–Crippen MR) is 137 cm³/mol. The van der Waals surface area contributed by atoms with Crippen LogP contribution in [0.4, 0.5) is 0 Å². The first kappa shape index (κ1) is 26.9. The highest BCUT2D eigenvalue weighted by Gasteiger charge is 2.13. The van der Waals surface area contributed by atoms with Crippen molar-refractivity contribution >= 4 is 11.8 Å². The van der Waals surface area contributed by atoms with Crippen LogP contribution in [0.25, 0.3) is 0 Å². The molecule has 7 N–H and O–H groups in total. The predicted octanol–water partition coefficient (Wildman–Crippen LogP) is 2.10. The van der Waals surface area contributed by atoms with Crippen molar-refractivity contribution in [2.24, 2.45) is 5.73 Å². The van der Waals surface area contributed by atoms with E-state index in [2.05, 4.69) is 10.6 Å². The van der Waals surface area contributed by atoms with E-state index in [1.165, 1.54) is 6.07 Å². The summed E-state index contributed by atoms with van der Waals surface area (Å²) in [6.07, 6.45) is 0.188. The summed E-state index contributed by atoms with van der Waals surface area (Å²) in [6.45, 7) is 2.40. The molecule has 0 radical (unpaired) electrons. The number of primary amides is 1. The number of carbonyl (C=O) groups excluding carboxylic acids is 2. The summed E-state index contributed by atoms with van der Waals surface area (Å²) < 4.78 is 0. The van der Waals surface area contributed by atoms with Gasteiger partial charge in [-0.3, -0.25) is 9.59 Å². The molecule has 3 aromatic carbocycles. The average Bonchev–Trinajstić information content (AvgIpc) is 2.86. The quantitative estimate of drug-likeness (QED) is 0.229. The van der Waals surface area contributed by atoms with Crippen molar-refractivity contribution in [3.63, 3.8) is 0 Å². The molecular formula is C28H33N3O5. The number of aromatic hydroxyl groups is 1. The Morgan fingerprint density at radius 3 is 2.39 bits per heavy atom. The maximum Gasteiger partial charge on any atom is 0.248 e. The van der Waals surface area contributed by atoms with Gasteiger partial charge >= 0.3 is 0 Å². The molecular weight excluding hydrogens is 458 g/mol. The van der Waals surface area contributed by atoms with Gasteiger partial charge in [0.1, 0.15) is 5.75 Å². The molecule has 0 fully saturated rings. The summed E-state index contributed by atoms with van der Waals surface area (Å²) in [5.41, 5.74) is 9.52. The standard InChI is InChI=1S/C28H33N3O5/c1-18(30-16-26(34)23-9-10-25(33)24(14-23)17-32)11-20-3-2-4-21(12-20)13-27(35)31-15-19-5-7-22(8-6-19)28(29)36/h2-10,12,14,18,26,30,32-34H,11,13,15-17H2,1H3,(H2,29,36)(H,31,35). The van der Waals surface area contributed by atoms with E-state index in [9.17, 15) is 24.9 Å². The van der Waals surface area contributed by atoms with Crippen LogP contribution in [0.2, 0.25) is 0 Å². The summed E-state index contributed by atoms with van der Waals surface area (Å²) in [5, 5.41) is 35.6. The molecule has 0 aliphatic carbocycles. The maximum atomic E-state index is 12.4. The van der Waals surface area contributed by atoms with E-state index in [1.807, 2.05) is 31.2 Å². The normalized spacial score (nSPS) is 12.6. The Labute approximate surface area is 210 Å². The molecule has 3 aromatic rings. The minimum Gasteiger partial charge on any atom is -0.508 e. The second kappa shape index (κ2) is 12.8. The molecule has 2 unspecified atom stereocenters. The van der Waals surface area contributed by atoms with Crippen LogP contribution in [0, 0.1) is 0 Å². The highest BCUT2D eigenvalue weighted by Crippen LogP contribution is 2.22. The van der Waals surface area contributed by atoms with Crippen LogP contribution in [-0.4, -0.2) is 39.7 Å². The number of rotatable bonds is 12. The van der Waals surface area contributed by atoms with Crippen LogP contribution in [-0.2, 0) is 30.8 Å². The first-order valence-electron chi connectivity index (χ1n) is 11.8. The third-order valence-electron chi connectivity index (χ3n) is 5.94. The van der Waals surface area contributed by atoms with Crippen LogP contribution < -0.4 is 16.4 Å². The molecule has 2 amide bonds. The number of aliphatic hydroxyl groups is 2. The molecule has 0 heterocycles. The lowest BCUT2D eigenvalue weighted by molar-refractivity contribution is -0.120. The third-order valence-corrected chi connectivity index (χ3v) is 5.94. The molecule has 0 saturated heterocycles. The Bertz CT molecular complexity index is 1180. The van der Waals surface area contributed by atoms with Gasteiger partial charge in [0.15, 0.2) is 0 Å². The molecule has 36 heavy (non-hydrogen) atoms. The lowest BCUT2D eigenvalue weighted by Gasteiger charge is -2.18. The summed E-state index contributed by atoms with van der Waals surface area (Å²) in [7, 11) is 0. The van der Waals surface area contributed by atoms with Gasteiger partial charge in [0, 0.05) is 30.3 Å². The summed E-state index contributed by atoms with van der Waals surface area (Å²) in [6, 6.07) is 19.4. The average molecular weight is 492 g/mol. The Morgan fingerprint density at radius 1 is 0.972 bits per heavy atom. The number of nitrogens with one attached hydrogen (secondary N) is 2. The van der Waals surface area contributed by atoms with E-state index >= 15 is 0 Å². The van der Waals surface area contributed by atoms with Crippen molar-refractivity contribution in [1.29, 1.82) is 0 Å². The zero-order valence-electron chi connectivity index (χ0n) is 20.3. The first-order chi connectivity index (χ1) is 17.2. The van der Waals surface area contributed by atoms with Gasteiger partial charge in [-0.05, 0) is 59.9 Å². The second-order valence-electron chi connectivity index (χ2n) is 8.91. The SMILES string of the molecule is CC(Cc1cccc(CC(=O)NCc2ccc(C(N)=O)cc2)c1)NCC(O)c1ccc(O)c(CO)c1. The van der Waals surface area contributed by atoms with Crippen molar-refractivity contribution in [3.8, 4) is 5.75 Å². The van der Waals surface area contributed by atoms with Crippen molar-refractivity contribution < 1.29 is 24.9 Å². The number of hydrogen-bond acceptors (Lipinski definition) is 6. The molecule has 0 spiro atoms. The van der Waals surface area contributed by atoms with Crippen molar-refractivity contribution in [3.05, 3.63) is 100 Å². The van der Waals surface area contributed by atoms with Crippen molar-refractivity contribution in [2.45, 2.75) is 45.1 Å². The number of carbonyl (C=O) groups is 2. The largest absolute Gasteiger partial charge is 0.508 e. The minimum absolute atomic E-state index is 0.00204. The van der Waals surface area contributed by atoms with E-state index in [0.29, 0.717) is 36.2 Å². The van der Waals surface area contributed by atoms with E-state index in [0.717, 1.165) is 16.7 Å². The van der Waals surface area contributed by atoms with Crippen LogP contribution in [0.1, 0.15) is 51.2 Å². The van der Waals surface area contributed by atoms with E-state index in [1.54, 1.807) is 36.4 Å². The molecule has 8 heteroatoms. The second-order valence-corrected chi connectivity index (χ2v) is 8.91. The highest BCUT2D eigenvalue weighted by atomic mass is 16.3. The fourth-order valence-corrected chi connectivity index (χ4v) is 3.90. The molecule has 0 aliphatic heterocycles. The Hall–Kier alpha value is -3.72. The van der Waals surface area contributed by atoms with Gasteiger partial charge in [0.05, 0.1) is 19.1 Å². The molecule has 8 nitrogen and oxygen atoms in total. The number of benzene rings is 3. The van der Waals surface area contributed by atoms with Gasteiger partial charge in [-0.1, -0.05) is 42.5 Å². The topological polar surface area (TPSA) is 145 Å². The van der Waals surface area contributed by atoms with Crippen LogP contribution in [0.5, 0.6) is 5.75 Å². The summed E-state index contributed by atoms with van der Waals surface area (Å²) >= 11 is 0. The van der Waals surface area contributed by atoms with Crippen molar-refractivity contribution in [2.75, 3.05) is 6.54 Å². The molecule has 2 atom stereocenters. The Balaban J connectivity index is 1.47. The summed E-state index contributed by atoms with van der Waals surface area (Å²) in [4.78, 5) is 23.6. The van der Waals surface area contributed by atoms with Gasteiger partial charge < -0.3 is 31.7 Å². The molecule has 0 aromatic heterocycles. The van der Waals surface area contributed by atoms with Gasteiger partial charge in [0.2, 0.25) is 11.8 Å². The van der Waals surface area contributed by atoms with E-state index in [-0.39, 0.29) is 30.7 Å². The number of hydrogen-bond donors (Lipinski definition) is 6. The van der Waals surface area contributed by atoms with E-state index in [4.69, 9.17) is 5.73 Å². The molecule has 0 aliphatic rings. The van der Waals surface area contributed by atoms with Crippen LogP contribution in [0.15, 0.2) is 66.7 Å². The zero-order chi connectivity index (χ0) is 26.1.